The van der Waals surface area contributed by atoms with Gasteiger partial charge in [-0.05, 0) is 36.8 Å². The summed E-state index contributed by atoms with van der Waals surface area (Å²) in [5.41, 5.74) is 12.3. The van der Waals surface area contributed by atoms with Crippen LogP contribution in [-0.2, 0) is 0 Å². The summed E-state index contributed by atoms with van der Waals surface area (Å²) in [6.45, 7) is 5.61. The van der Waals surface area contributed by atoms with E-state index in [2.05, 4.69) is 54.2 Å². The second-order valence-corrected chi connectivity index (χ2v) is 7.37. The number of H-pyrrole nitrogens is 1. The minimum atomic E-state index is 0.827. The Bertz CT molecular complexity index is 1160. The minimum absolute atomic E-state index is 0.827. The Morgan fingerprint density at radius 3 is 2.52 bits per heavy atom. The first-order valence-corrected chi connectivity index (χ1v) is 9.80. The van der Waals surface area contributed by atoms with Crippen LogP contribution in [0, 0.1) is 6.92 Å². The number of fused-ring (bicyclic) bond motifs is 1. The SMILES string of the molecule is Cc1[nH]ncc1-c1ccc2ncnc(N3CCN(c4ccccc4N)CC3)c2c1. The van der Waals surface area contributed by atoms with Gasteiger partial charge in [-0.3, -0.25) is 5.10 Å². The van der Waals surface area contributed by atoms with Crippen molar-refractivity contribution >= 4 is 28.1 Å². The van der Waals surface area contributed by atoms with Gasteiger partial charge in [-0.25, -0.2) is 9.97 Å². The van der Waals surface area contributed by atoms with Crippen LogP contribution in [0.4, 0.5) is 17.2 Å². The van der Waals surface area contributed by atoms with Gasteiger partial charge in [0.1, 0.15) is 12.1 Å². The van der Waals surface area contributed by atoms with Crippen molar-refractivity contribution in [2.45, 2.75) is 6.92 Å². The topological polar surface area (TPSA) is 87.0 Å². The number of aryl methyl sites for hydroxylation is 1. The number of nitrogens with two attached hydrogens (primary N) is 1. The van der Waals surface area contributed by atoms with Gasteiger partial charge in [-0.1, -0.05) is 18.2 Å². The molecule has 1 aliphatic heterocycles. The number of nitrogen functional groups attached to an aromatic ring is 1. The maximum atomic E-state index is 6.16. The van der Waals surface area contributed by atoms with Crippen LogP contribution in [0.5, 0.6) is 0 Å². The monoisotopic (exact) mass is 385 g/mol. The molecule has 0 amide bonds. The number of anilines is 3. The molecule has 0 atom stereocenters. The Hall–Kier alpha value is -3.61. The summed E-state index contributed by atoms with van der Waals surface area (Å²) in [6.07, 6.45) is 3.52. The third-order valence-corrected chi connectivity index (χ3v) is 5.61. The van der Waals surface area contributed by atoms with Crippen LogP contribution in [0.3, 0.4) is 0 Å². The lowest BCUT2D eigenvalue weighted by molar-refractivity contribution is 0.649. The molecule has 3 N–H and O–H groups in total. The molecule has 2 aromatic carbocycles. The van der Waals surface area contributed by atoms with Crippen molar-refractivity contribution in [2.24, 2.45) is 0 Å². The van der Waals surface area contributed by atoms with E-state index in [0.29, 0.717) is 0 Å². The lowest BCUT2D eigenvalue weighted by Gasteiger charge is -2.37. The van der Waals surface area contributed by atoms with Crippen LogP contribution >= 0.6 is 0 Å². The fourth-order valence-corrected chi connectivity index (χ4v) is 4.04. The molecule has 146 valence electrons. The predicted molar refractivity (Wildman–Crippen MR) is 117 cm³/mol. The van der Waals surface area contributed by atoms with Crippen molar-refractivity contribution in [1.82, 2.24) is 20.2 Å². The second-order valence-electron chi connectivity index (χ2n) is 7.37. The van der Waals surface area contributed by atoms with Gasteiger partial charge in [0.2, 0.25) is 0 Å². The van der Waals surface area contributed by atoms with Gasteiger partial charge in [0.15, 0.2) is 0 Å². The van der Waals surface area contributed by atoms with E-state index in [1.165, 1.54) is 0 Å². The van der Waals surface area contributed by atoms with Crippen molar-refractivity contribution in [3.63, 3.8) is 0 Å². The molecular formula is C22H23N7. The predicted octanol–water partition coefficient (Wildman–Crippen LogP) is 3.24. The van der Waals surface area contributed by atoms with E-state index in [1.807, 2.05) is 31.3 Å². The fraction of sp³-hybridized carbons (Fsp3) is 0.227. The normalized spacial score (nSPS) is 14.5. The largest absolute Gasteiger partial charge is 0.397 e. The number of piperazine rings is 1. The van der Waals surface area contributed by atoms with Crippen LogP contribution in [0.1, 0.15) is 5.69 Å². The Balaban J connectivity index is 1.45. The molecule has 7 heteroatoms. The molecule has 1 saturated heterocycles. The molecule has 0 unspecified atom stereocenters. The van der Waals surface area contributed by atoms with E-state index < -0.39 is 0 Å². The first-order valence-electron chi connectivity index (χ1n) is 9.80. The number of hydrogen-bond donors (Lipinski definition) is 2. The molecule has 1 fully saturated rings. The standard InChI is InChI=1S/C22H23N7/c1-15-18(13-26-27-15)16-6-7-20-17(12-16)22(25-14-24-20)29-10-8-28(9-11-29)21-5-3-2-4-19(21)23/h2-7,12-14H,8-11,23H2,1H3,(H,26,27). The van der Waals surface area contributed by atoms with Gasteiger partial charge >= 0.3 is 0 Å². The van der Waals surface area contributed by atoms with Gasteiger partial charge in [-0.15, -0.1) is 0 Å². The van der Waals surface area contributed by atoms with Crippen LogP contribution in [0.2, 0.25) is 0 Å². The van der Waals surface area contributed by atoms with Crippen LogP contribution < -0.4 is 15.5 Å². The van der Waals surface area contributed by atoms with Gasteiger partial charge in [0.05, 0.1) is 23.1 Å². The molecule has 0 radical (unpaired) electrons. The zero-order valence-corrected chi connectivity index (χ0v) is 16.3. The Morgan fingerprint density at radius 1 is 0.966 bits per heavy atom. The number of aromatic nitrogens is 4. The number of benzene rings is 2. The number of para-hydroxylation sites is 2. The Kier molecular flexibility index (Phi) is 4.27. The van der Waals surface area contributed by atoms with Crippen molar-refractivity contribution in [3.8, 4) is 11.1 Å². The average molecular weight is 385 g/mol. The lowest BCUT2D eigenvalue weighted by Crippen LogP contribution is -2.47. The Morgan fingerprint density at radius 2 is 1.76 bits per heavy atom. The molecule has 7 nitrogen and oxygen atoms in total. The van der Waals surface area contributed by atoms with Gasteiger partial charge in [-0.2, -0.15) is 5.10 Å². The van der Waals surface area contributed by atoms with Crippen molar-refractivity contribution in [1.29, 1.82) is 0 Å². The molecular weight excluding hydrogens is 362 g/mol. The first kappa shape index (κ1) is 17.5. The second kappa shape index (κ2) is 7.09. The number of nitrogens with one attached hydrogen (secondary N) is 1. The van der Waals surface area contributed by atoms with Crippen molar-refractivity contribution in [2.75, 3.05) is 41.7 Å². The van der Waals surface area contributed by atoms with E-state index in [1.54, 1.807) is 6.33 Å². The highest BCUT2D eigenvalue weighted by Gasteiger charge is 2.21. The summed E-state index contributed by atoms with van der Waals surface area (Å²) in [4.78, 5) is 13.8. The molecule has 0 aliphatic carbocycles. The van der Waals surface area contributed by atoms with Crippen molar-refractivity contribution in [3.05, 3.63) is 60.7 Å². The zero-order chi connectivity index (χ0) is 19.8. The van der Waals surface area contributed by atoms with E-state index in [0.717, 1.165) is 71.1 Å². The van der Waals surface area contributed by atoms with E-state index in [-0.39, 0.29) is 0 Å². The smallest absolute Gasteiger partial charge is 0.140 e. The molecule has 0 spiro atoms. The number of rotatable bonds is 3. The summed E-state index contributed by atoms with van der Waals surface area (Å²) in [5.74, 6) is 0.985. The first-order chi connectivity index (χ1) is 14.2. The highest BCUT2D eigenvalue weighted by Crippen LogP contribution is 2.31. The number of aromatic amines is 1. The maximum absolute atomic E-state index is 6.16. The van der Waals surface area contributed by atoms with Gasteiger partial charge in [0, 0.05) is 42.8 Å². The van der Waals surface area contributed by atoms with Gasteiger partial charge in [0.25, 0.3) is 0 Å². The lowest BCUT2D eigenvalue weighted by atomic mass is 10.0. The summed E-state index contributed by atoms with van der Waals surface area (Å²) in [6, 6.07) is 14.4. The quantitative estimate of drug-likeness (QED) is 0.527. The zero-order valence-electron chi connectivity index (χ0n) is 16.3. The maximum Gasteiger partial charge on any atom is 0.140 e. The van der Waals surface area contributed by atoms with Crippen LogP contribution in [0.25, 0.3) is 22.0 Å². The minimum Gasteiger partial charge on any atom is -0.397 e. The summed E-state index contributed by atoms with van der Waals surface area (Å²) in [7, 11) is 0. The molecule has 2 aromatic heterocycles. The average Bonchev–Trinajstić information content (AvgIpc) is 3.19. The molecule has 3 heterocycles. The van der Waals surface area contributed by atoms with E-state index in [9.17, 15) is 0 Å². The fourth-order valence-electron chi connectivity index (χ4n) is 4.04. The summed E-state index contributed by atoms with van der Waals surface area (Å²) < 4.78 is 0. The third-order valence-electron chi connectivity index (χ3n) is 5.61. The molecule has 5 rings (SSSR count). The van der Waals surface area contributed by atoms with Crippen molar-refractivity contribution < 1.29 is 0 Å². The van der Waals surface area contributed by atoms with Gasteiger partial charge < -0.3 is 15.5 Å². The molecule has 29 heavy (non-hydrogen) atoms. The molecule has 0 saturated carbocycles. The van der Waals surface area contributed by atoms with E-state index >= 15 is 0 Å². The number of hydrogen-bond acceptors (Lipinski definition) is 6. The van der Waals surface area contributed by atoms with E-state index in [4.69, 9.17) is 5.73 Å². The molecule has 1 aliphatic rings. The molecule has 0 bridgehead atoms. The third kappa shape index (κ3) is 3.14. The van der Waals surface area contributed by atoms with Crippen LogP contribution in [0.15, 0.2) is 55.0 Å². The summed E-state index contributed by atoms with van der Waals surface area (Å²) >= 11 is 0. The van der Waals surface area contributed by atoms with Crippen LogP contribution in [-0.4, -0.2) is 46.3 Å². The summed E-state index contributed by atoms with van der Waals surface area (Å²) in [5, 5.41) is 8.23. The number of nitrogens with zero attached hydrogens (tertiary/aromatic N) is 5. The molecule has 4 aromatic rings. The highest BCUT2D eigenvalue weighted by molar-refractivity contribution is 5.93. The highest BCUT2D eigenvalue weighted by atomic mass is 15.3. The Labute approximate surface area is 169 Å².